The summed E-state index contributed by atoms with van der Waals surface area (Å²) in [7, 11) is 3.47. The Hall–Kier alpha value is -2.50. The van der Waals surface area contributed by atoms with Crippen LogP contribution in [0.3, 0.4) is 0 Å². The highest BCUT2D eigenvalue weighted by molar-refractivity contribution is 6.36. The minimum absolute atomic E-state index is 0.291. The SMILES string of the molecule is COc1cccc(C(NC(=O)c2ccc(Cl)cc2Cl)c2nccn2C)c1. The first-order valence-electron chi connectivity index (χ1n) is 7.86. The number of benzene rings is 2. The van der Waals surface area contributed by atoms with Gasteiger partial charge in [0.15, 0.2) is 0 Å². The Balaban J connectivity index is 1.98. The number of hydrogen-bond acceptors (Lipinski definition) is 3. The summed E-state index contributed by atoms with van der Waals surface area (Å²) in [5, 5.41) is 3.76. The van der Waals surface area contributed by atoms with Gasteiger partial charge in [0.05, 0.1) is 17.7 Å². The molecule has 0 saturated heterocycles. The molecule has 1 atom stereocenters. The number of aromatic nitrogens is 2. The molecule has 0 saturated carbocycles. The van der Waals surface area contributed by atoms with E-state index in [1.54, 1.807) is 31.5 Å². The summed E-state index contributed by atoms with van der Waals surface area (Å²) in [5.41, 5.74) is 1.19. The fourth-order valence-corrected chi connectivity index (χ4v) is 3.15. The Morgan fingerprint density at radius 1 is 1.23 bits per heavy atom. The Labute approximate surface area is 161 Å². The zero-order chi connectivity index (χ0) is 18.7. The minimum atomic E-state index is -0.468. The van der Waals surface area contributed by atoms with Crippen molar-refractivity contribution in [1.82, 2.24) is 14.9 Å². The van der Waals surface area contributed by atoms with Crippen LogP contribution in [-0.4, -0.2) is 22.6 Å². The van der Waals surface area contributed by atoms with Gasteiger partial charge in [0, 0.05) is 24.5 Å². The number of ether oxygens (including phenoxy) is 1. The van der Waals surface area contributed by atoms with Gasteiger partial charge in [-0.05, 0) is 35.9 Å². The molecule has 0 aliphatic heterocycles. The van der Waals surface area contributed by atoms with Crippen LogP contribution in [0.5, 0.6) is 5.75 Å². The fraction of sp³-hybridized carbons (Fsp3) is 0.158. The van der Waals surface area contributed by atoms with Gasteiger partial charge in [-0.1, -0.05) is 35.3 Å². The first-order chi connectivity index (χ1) is 12.5. The van der Waals surface area contributed by atoms with Crippen LogP contribution in [-0.2, 0) is 7.05 Å². The second-order valence-corrected chi connectivity index (χ2v) is 6.55. The number of methoxy groups -OCH3 is 1. The van der Waals surface area contributed by atoms with E-state index in [1.165, 1.54) is 0 Å². The monoisotopic (exact) mass is 389 g/mol. The number of amides is 1. The van der Waals surface area contributed by atoms with Crippen molar-refractivity contribution in [2.75, 3.05) is 7.11 Å². The molecule has 1 heterocycles. The molecule has 1 N–H and O–H groups in total. The number of rotatable bonds is 5. The number of halogens is 2. The lowest BCUT2D eigenvalue weighted by Crippen LogP contribution is -2.31. The second-order valence-electron chi connectivity index (χ2n) is 5.70. The third kappa shape index (κ3) is 3.84. The molecule has 26 heavy (non-hydrogen) atoms. The number of carbonyl (C=O) groups is 1. The molecular weight excluding hydrogens is 373 g/mol. The predicted octanol–water partition coefficient (Wildman–Crippen LogP) is 4.25. The fourth-order valence-electron chi connectivity index (χ4n) is 2.66. The number of carbonyl (C=O) groups excluding carboxylic acids is 1. The summed E-state index contributed by atoms with van der Waals surface area (Å²) in [6, 6.07) is 11.8. The van der Waals surface area contributed by atoms with Gasteiger partial charge in [-0.2, -0.15) is 0 Å². The van der Waals surface area contributed by atoms with E-state index in [2.05, 4.69) is 10.3 Å². The van der Waals surface area contributed by atoms with Crippen molar-refractivity contribution in [1.29, 1.82) is 0 Å². The topological polar surface area (TPSA) is 56.1 Å². The maximum absolute atomic E-state index is 12.8. The molecule has 134 valence electrons. The molecule has 0 aliphatic carbocycles. The number of nitrogens with zero attached hydrogens (tertiary/aromatic N) is 2. The quantitative estimate of drug-likeness (QED) is 0.709. The average Bonchev–Trinajstić information content (AvgIpc) is 3.05. The van der Waals surface area contributed by atoms with E-state index in [9.17, 15) is 4.79 Å². The maximum atomic E-state index is 12.8. The average molecular weight is 390 g/mol. The van der Waals surface area contributed by atoms with E-state index >= 15 is 0 Å². The second kappa shape index (κ2) is 7.81. The highest BCUT2D eigenvalue weighted by Crippen LogP contribution is 2.26. The lowest BCUT2D eigenvalue weighted by atomic mass is 10.0. The van der Waals surface area contributed by atoms with Crippen LogP contribution < -0.4 is 10.1 Å². The van der Waals surface area contributed by atoms with E-state index in [1.807, 2.05) is 42.1 Å². The summed E-state index contributed by atoms with van der Waals surface area (Å²) < 4.78 is 7.15. The lowest BCUT2D eigenvalue weighted by Gasteiger charge is -2.20. The molecule has 5 nitrogen and oxygen atoms in total. The molecule has 0 aliphatic rings. The van der Waals surface area contributed by atoms with Gasteiger partial charge in [0.1, 0.15) is 17.6 Å². The van der Waals surface area contributed by atoms with Crippen molar-refractivity contribution in [3.63, 3.8) is 0 Å². The molecule has 3 rings (SSSR count). The van der Waals surface area contributed by atoms with Gasteiger partial charge in [0.25, 0.3) is 5.91 Å². The largest absolute Gasteiger partial charge is 0.497 e. The zero-order valence-corrected chi connectivity index (χ0v) is 15.8. The highest BCUT2D eigenvalue weighted by atomic mass is 35.5. The summed E-state index contributed by atoms with van der Waals surface area (Å²) in [6.45, 7) is 0. The van der Waals surface area contributed by atoms with Crippen molar-refractivity contribution in [2.45, 2.75) is 6.04 Å². The van der Waals surface area contributed by atoms with Gasteiger partial charge in [-0.3, -0.25) is 4.79 Å². The highest BCUT2D eigenvalue weighted by Gasteiger charge is 2.23. The van der Waals surface area contributed by atoms with E-state index in [-0.39, 0.29) is 5.91 Å². The lowest BCUT2D eigenvalue weighted by molar-refractivity contribution is 0.0941. The zero-order valence-electron chi connectivity index (χ0n) is 14.2. The first kappa shape index (κ1) is 18.3. The third-order valence-electron chi connectivity index (χ3n) is 3.99. The van der Waals surface area contributed by atoms with Gasteiger partial charge in [-0.25, -0.2) is 4.98 Å². The summed E-state index contributed by atoms with van der Waals surface area (Å²) in [4.78, 5) is 17.2. The van der Waals surface area contributed by atoms with Crippen LogP contribution in [0.25, 0.3) is 0 Å². The molecule has 1 amide bonds. The molecule has 3 aromatic rings. The van der Waals surface area contributed by atoms with Crippen LogP contribution in [0.4, 0.5) is 0 Å². The van der Waals surface area contributed by atoms with Crippen LogP contribution in [0.1, 0.15) is 27.8 Å². The first-order valence-corrected chi connectivity index (χ1v) is 8.62. The van der Waals surface area contributed by atoms with Crippen molar-refractivity contribution in [2.24, 2.45) is 7.05 Å². The molecule has 0 radical (unpaired) electrons. The maximum Gasteiger partial charge on any atom is 0.253 e. The van der Waals surface area contributed by atoms with E-state index in [4.69, 9.17) is 27.9 Å². The van der Waals surface area contributed by atoms with Crippen molar-refractivity contribution >= 4 is 29.1 Å². The number of hydrogen-bond donors (Lipinski definition) is 1. The van der Waals surface area contributed by atoms with E-state index in [0.29, 0.717) is 27.2 Å². The molecule has 2 aromatic carbocycles. The number of imidazole rings is 1. The standard InChI is InChI=1S/C19H17Cl2N3O2/c1-24-9-8-22-18(24)17(12-4-3-5-14(10-12)26-2)23-19(25)15-7-6-13(20)11-16(15)21/h3-11,17H,1-2H3,(H,23,25). The normalized spacial score (nSPS) is 11.8. The minimum Gasteiger partial charge on any atom is -0.497 e. The van der Waals surface area contributed by atoms with Gasteiger partial charge < -0.3 is 14.6 Å². The third-order valence-corrected chi connectivity index (χ3v) is 4.54. The van der Waals surface area contributed by atoms with E-state index < -0.39 is 6.04 Å². The van der Waals surface area contributed by atoms with E-state index in [0.717, 1.165) is 5.56 Å². The smallest absolute Gasteiger partial charge is 0.253 e. The predicted molar refractivity (Wildman–Crippen MR) is 102 cm³/mol. The van der Waals surface area contributed by atoms with Crippen molar-refractivity contribution in [3.05, 3.63) is 81.9 Å². The van der Waals surface area contributed by atoms with Crippen LogP contribution in [0.2, 0.25) is 10.0 Å². The Kier molecular flexibility index (Phi) is 5.49. The van der Waals surface area contributed by atoms with Crippen LogP contribution in [0.15, 0.2) is 54.9 Å². The Morgan fingerprint density at radius 2 is 2.04 bits per heavy atom. The van der Waals surface area contributed by atoms with Gasteiger partial charge in [0.2, 0.25) is 0 Å². The molecule has 0 fully saturated rings. The van der Waals surface area contributed by atoms with Crippen molar-refractivity contribution < 1.29 is 9.53 Å². The van der Waals surface area contributed by atoms with Gasteiger partial charge >= 0.3 is 0 Å². The molecule has 7 heteroatoms. The van der Waals surface area contributed by atoms with Crippen molar-refractivity contribution in [3.8, 4) is 5.75 Å². The Bertz CT molecular complexity index is 940. The summed E-state index contributed by atoms with van der Waals surface area (Å²) >= 11 is 12.1. The Morgan fingerprint density at radius 3 is 2.69 bits per heavy atom. The van der Waals surface area contributed by atoms with Crippen LogP contribution >= 0.6 is 23.2 Å². The number of nitrogens with one attached hydrogen (secondary N) is 1. The number of aryl methyl sites for hydroxylation is 1. The molecule has 1 aromatic heterocycles. The molecule has 1 unspecified atom stereocenters. The van der Waals surface area contributed by atoms with Crippen LogP contribution in [0, 0.1) is 0 Å². The molecule has 0 bridgehead atoms. The van der Waals surface area contributed by atoms with Gasteiger partial charge in [-0.15, -0.1) is 0 Å². The summed E-state index contributed by atoms with van der Waals surface area (Å²) in [5.74, 6) is 1.07. The molecule has 0 spiro atoms. The summed E-state index contributed by atoms with van der Waals surface area (Å²) in [6.07, 6.45) is 3.51. The molecular formula is C19H17Cl2N3O2.